The largest absolute Gasteiger partial charge is 0.357 e. The van der Waals surface area contributed by atoms with Gasteiger partial charge in [0.15, 0.2) is 9.84 Å². The van der Waals surface area contributed by atoms with Gasteiger partial charge in [-0.15, -0.1) is 0 Å². The number of pyridine rings is 2. The number of hydrogen-bond acceptors (Lipinski definition) is 6. The Morgan fingerprint density at radius 1 is 0.828 bits per heavy atom. The molecule has 4 heterocycles. The molecule has 0 amide bonds. The lowest BCUT2D eigenvalue weighted by atomic mass is 9.79. The molecule has 0 saturated carbocycles. The lowest BCUT2D eigenvalue weighted by Crippen LogP contribution is -2.41. The van der Waals surface area contributed by atoms with Gasteiger partial charge in [-0.25, -0.2) is 18.4 Å². The van der Waals surface area contributed by atoms with Gasteiger partial charge < -0.3 is 9.80 Å². The lowest BCUT2D eigenvalue weighted by molar-refractivity contribution is 0.232. The third-order valence-corrected chi connectivity index (χ3v) is 7.58. The molecule has 29 heavy (non-hydrogen) atoms. The molecule has 2 aromatic rings. The van der Waals surface area contributed by atoms with Crippen molar-refractivity contribution in [1.29, 1.82) is 0 Å². The van der Waals surface area contributed by atoms with Crippen LogP contribution in [0.15, 0.2) is 41.6 Å². The number of halogens is 1. The number of rotatable bonds is 4. The van der Waals surface area contributed by atoms with Crippen molar-refractivity contribution in [2.45, 2.75) is 30.6 Å². The first-order valence-corrected chi connectivity index (χ1v) is 12.4. The van der Waals surface area contributed by atoms with E-state index in [1.807, 2.05) is 18.2 Å². The van der Waals surface area contributed by atoms with E-state index in [0.717, 1.165) is 49.7 Å². The Bertz CT molecular complexity index is 918. The molecular weight excluding hydrogens is 408 g/mol. The highest BCUT2D eigenvalue weighted by Crippen LogP contribution is 2.34. The Labute approximate surface area is 177 Å². The van der Waals surface area contributed by atoms with Crippen LogP contribution in [0.2, 0.25) is 5.02 Å². The second kappa shape index (κ2) is 8.48. The van der Waals surface area contributed by atoms with Gasteiger partial charge in [0.25, 0.3) is 0 Å². The predicted molar refractivity (Wildman–Crippen MR) is 116 cm³/mol. The van der Waals surface area contributed by atoms with Crippen LogP contribution in [0.4, 0.5) is 11.6 Å². The summed E-state index contributed by atoms with van der Waals surface area (Å²) in [6, 6.07) is 7.39. The molecule has 2 aliphatic heterocycles. The van der Waals surface area contributed by atoms with Gasteiger partial charge in [0.05, 0.1) is 9.92 Å². The number of piperidine rings is 2. The van der Waals surface area contributed by atoms with Crippen molar-refractivity contribution in [3.63, 3.8) is 0 Å². The Kier molecular flexibility index (Phi) is 5.97. The van der Waals surface area contributed by atoms with Gasteiger partial charge in [0.2, 0.25) is 0 Å². The molecule has 0 atom stereocenters. The monoisotopic (exact) mass is 434 g/mol. The molecule has 0 unspecified atom stereocenters. The zero-order valence-corrected chi connectivity index (χ0v) is 18.2. The maximum Gasteiger partial charge on any atom is 0.177 e. The van der Waals surface area contributed by atoms with Crippen LogP contribution >= 0.6 is 11.6 Å². The van der Waals surface area contributed by atoms with Crippen LogP contribution in [0.1, 0.15) is 25.7 Å². The smallest absolute Gasteiger partial charge is 0.177 e. The summed E-state index contributed by atoms with van der Waals surface area (Å²) in [4.78, 5) is 13.7. The normalized spacial score (nSPS) is 19.5. The summed E-state index contributed by atoms with van der Waals surface area (Å²) in [7, 11) is -3.20. The number of nitrogens with zero attached hydrogens (tertiary/aromatic N) is 4. The summed E-state index contributed by atoms with van der Waals surface area (Å²) < 4.78 is 23.2. The van der Waals surface area contributed by atoms with E-state index in [9.17, 15) is 8.42 Å². The second-order valence-electron chi connectivity index (χ2n) is 8.11. The van der Waals surface area contributed by atoms with Gasteiger partial charge in [-0.05, 0) is 61.8 Å². The number of hydrogen-bond donors (Lipinski definition) is 0. The average molecular weight is 435 g/mol. The zero-order valence-electron chi connectivity index (χ0n) is 16.7. The van der Waals surface area contributed by atoms with Gasteiger partial charge in [0.1, 0.15) is 11.6 Å². The molecule has 4 rings (SSSR count). The first kappa shape index (κ1) is 20.4. The molecule has 0 spiro atoms. The number of anilines is 2. The molecular formula is C21H27ClN4O2S. The molecule has 0 radical (unpaired) electrons. The van der Waals surface area contributed by atoms with Gasteiger partial charge >= 0.3 is 0 Å². The topological polar surface area (TPSA) is 66.4 Å². The van der Waals surface area contributed by atoms with E-state index in [1.165, 1.54) is 38.1 Å². The van der Waals surface area contributed by atoms with Crippen molar-refractivity contribution >= 4 is 33.1 Å². The zero-order chi connectivity index (χ0) is 20.4. The molecule has 156 valence electrons. The molecule has 6 nitrogen and oxygen atoms in total. The lowest BCUT2D eigenvalue weighted by Gasteiger charge is -2.40. The van der Waals surface area contributed by atoms with Gasteiger partial charge in [0, 0.05) is 44.8 Å². The molecule has 2 aromatic heterocycles. The van der Waals surface area contributed by atoms with Crippen molar-refractivity contribution in [2.75, 3.05) is 42.2 Å². The highest BCUT2D eigenvalue weighted by molar-refractivity contribution is 7.90. The molecule has 0 bridgehead atoms. The standard InChI is InChI=1S/C21H27ClN4O2S/c1-29(27,28)19-3-5-21(24-15-19)26-12-8-17(9-13-26)16-6-10-25(11-7-16)20-4-2-18(22)14-23-20/h2-5,14-17H,6-13H2,1H3. The molecule has 2 saturated heterocycles. The Hall–Kier alpha value is -1.86. The minimum atomic E-state index is -3.20. The van der Waals surface area contributed by atoms with E-state index in [0.29, 0.717) is 5.02 Å². The first-order chi connectivity index (χ1) is 13.9. The summed E-state index contributed by atoms with van der Waals surface area (Å²) in [6.07, 6.45) is 9.14. The molecule has 8 heteroatoms. The maximum atomic E-state index is 11.6. The van der Waals surface area contributed by atoms with Crippen molar-refractivity contribution in [2.24, 2.45) is 11.8 Å². The fourth-order valence-corrected chi connectivity index (χ4v) is 5.21. The highest BCUT2D eigenvalue weighted by Gasteiger charge is 2.30. The summed E-state index contributed by atoms with van der Waals surface area (Å²) in [5.41, 5.74) is 0. The van der Waals surface area contributed by atoms with Crippen LogP contribution in [0.3, 0.4) is 0 Å². The van der Waals surface area contributed by atoms with Crippen LogP contribution in [0.5, 0.6) is 0 Å². The van der Waals surface area contributed by atoms with Gasteiger partial charge in [-0.2, -0.15) is 0 Å². The van der Waals surface area contributed by atoms with E-state index >= 15 is 0 Å². The summed E-state index contributed by atoms with van der Waals surface area (Å²) in [6.45, 7) is 4.06. The molecule has 0 aromatic carbocycles. The van der Waals surface area contributed by atoms with E-state index < -0.39 is 9.84 Å². The second-order valence-corrected chi connectivity index (χ2v) is 10.6. The van der Waals surface area contributed by atoms with Crippen molar-refractivity contribution in [3.05, 3.63) is 41.7 Å². The summed E-state index contributed by atoms with van der Waals surface area (Å²) in [5, 5.41) is 0.677. The quantitative estimate of drug-likeness (QED) is 0.731. The van der Waals surface area contributed by atoms with E-state index in [2.05, 4.69) is 19.8 Å². The van der Waals surface area contributed by atoms with Gasteiger partial charge in [-0.3, -0.25) is 0 Å². The van der Waals surface area contributed by atoms with Crippen molar-refractivity contribution in [3.8, 4) is 0 Å². The fraction of sp³-hybridized carbons (Fsp3) is 0.524. The van der Waals surface area contributed by atoms with E-state index in [-0.39, 0.29) is 4.90 Å². The predicted octanol–water partition coefficient (Wildman–Crippen LogP) is 3.67. The Balaban J connectivity index is 1.28. The first-order valence-electron chi connectivity index (χ1n) is 10.2. The van der Waals surface area contributed by atoms with E-state index in [4.69, 9.17) is 11.6 Å². The van der Waals surface area contributed by atoms with Crippen LogP contribution in [-0.4, -0.2) is 50.8 Å². The molecule has 0 aliphatic carbocycles. The number of sulfone groups is 1. The number of aromatic nitrogens is 2. The van der Waals surface area contributed by atoms with Crippen LogP contribution < -0.4 is 9.80 Å². The highest BCUT2D eigenvalue weighted by atomic mass is 35.5. The summed E-state index contributed by atoms with van der Waals surface area (Å²) in [5.74, 6) is 3.41. The minimum absolute atomic E-state index is 0.276. The average Bonchev–Trinajstić information content (AvgIpc) is 2.74. The van der Waals surface area contributed by atoms with E-state index in [1.54, 1.807) is 12.3 Å². The third-order valence-electron chi connectivity index (χ3n) is 6.25. The summed E-state index contributed by atoms with van der Waals surface area (Å²) >= 11 is 5.94. The Morgan fingerprint density at radius 3 is 1.69 bits per heavy atom. The van der Waals surface area contributed by atoms with Crippen LogP contribution in [0, 0.1) is 11.8 Å². The van der Waals surface area contributed by atoms with Crippen LogP contribution in [-0.2, 0) is 9.84 Å². The van der Waals surface area contributed by atoms with Crippen molar-refractivity contribution in [1.82, 2.24) is 9.97 Å². The Morgan fingerprint density at radius 2 is 1.31 bits per heavy atom. The molecule has 2 fully saturated rings. The van der Waals surface area contributed by atoms with Gasteiger partial charge in [-0.1, -0.05) is 11.6 Å². The van der Waals surface area contributed by atoms with Crippen LogP contribution in [0.25, 0.3) is 0 Å². The SMILES string of the molecule is CS(=O)(=O)c1ccc(N2CCC(C3CCN(c4ccc(Cl)cn4)CC3)CC2)nc1. The third kappa shape index (κ3) is 4.83. The minimum Gasteiger partial charge on any atom is -0.357 e. The molecule has 0 N–H and O–H groups in total. The fourth-order valence-electron chi connectivity index (χ4n) is 4.53. The molecule has 2 aliphatic rings. The maximum absolute atomic E-state index is 11.6. The van der Waals surface area contributed by atoms with Crippen molar-refractivity contribution < 1.29 is 8.42 Å².